The molecule has 0 spiro atoms. The lowest BCUT2D eigenvalue weighted by Crippen LogP contribution is -2.48. The van der Waals surface area contributed by atoms with Crippen LogP contribution in [-0.2, 0) is 19.1 Å². The molecule has 0 bridgehead atoms. The van der Waals surface area contributed by atoms with Crippen LogP contribution in [0.25, 0.3) is 0 Å². The highest BCUT2D eigenvalue weighted by Crippen LogP contribution is 2.32. The monoisotopic (exact) mass is 374 g/mol. The van der Waals surface area contributed by atoms with E-state index in [0.29, 0.717) is 32.6 Å². The molecule has 2 fully saturated rings. The number of ether oxygens (including phenoxy) is 1. The van der Waals surface area contributed by atoms with Gasteiger partial charge in [-0.15, -0.1) is 0 Å². The average molecular weight is 374 g/mol. The van der Waals surface area contributed by atoms with Crippen molar-refractivity contribution in [3.05, 3.63) is 29.3 Å². The molecule has 2 aliphatic heterocycles. The number of aliphatic carboxylic acids is 1. The van der Waals surface area contributed by atoms with Crippen molar-refractivity contribution in [2.45, 2.75) is 33.1 Å². The van der Waals surface area contributed by atoms with E-state index in [0.717, 1.165) is 16.8 Å². The SMILES string of the molecule is Cc1cccc(N2CC(C(=O)NCC3(C(=O)O)CCOCC3)CC2=O)c1C. The molecule has 0 aromatic heterocycles. The van der Waals surface area contributed by atoms with E-state index in [1.165, 1.54) is 0 Å². The van der Waals surface area contributed by atoms with E-state index in [1.54, 1.807) is 4.90 Å². The van der Waals surface area contributed by atoms with Gasteiger partial charge in [0.15, 0.2) is 0 Å². The summed E-state index contributed by atoms with van der Waals surface area (Å²) in [5, 5.41) is 12.4. The van der Waals surface area contributed by atoms with Gasteiger partial charge >= 0.3 is 5.97 Å². The number of carboxylic acids is 1. The predicted octanol–water partition coefficient (Wildman–Crippen LogP) is 1.65. The Labute approximate surface area is 158 Å². The van der Waals surface area contributed by atoms with Gasteiger partial charge in [0.2, 0.25) is 11.8 Å². The predicted molar refractivity (Wildman–Crippen MR) is 99.5 cm³/mol. The van der Waals surface area contributed by atoms with Gasteiger partial charge in [-0.2, -0.15) is 0 Å². The fraction of sp³-hybridized carbons (Fsp3) is 0.550. The fourth-order valence-corrected chi connectivity index (χ4v) is 3.77. The molecule has 2 N–H and O–H groups in total. The minimum absolute atomic E-state index is 0.0681. The first-order valence-electron chi connectivity index (χ1n) is 9.29. The number of rotatable bonds is 5. The van der Waals surface area contributed by atoms with E-state index >= 15 is 0 Å². The molecule has 1 aromatic carbocycles. The Bertz CT molecular complexity index is 755. The van der Waals surface area contributed by atoms with E-state index in [2.05, 4.69) is 5.32 Å². The van der Waals surface area contributed by atoms with Crippen molar-refractivity contribution in [1.82, 2.24) is 5.32 Å². The Morgan fingerprint density at radius 2 is 2.00 bits per heavy atom. The van der Waals surface area contributed by atoms with Gasteiger partial charge in [0.25, 0.3) is 0 Å². The molecule has 7 nitrogen and oxygen atoms in total. The van der Waals surface area contributed by atoms with E-state index in [1.807, 2.05) is 32.0 Å². The van der Waals surface area contributed by atoms with Crippen LogP contribution < -0.4 is 10.2 Å². The number of hydrogen-bond acceptors (Lipinski definition) is 4. The lowest BCUT2D eigenvalue weighted by Gasteiger charge is -2.33. The van der Waals surface area contributed by atoms with E-state index in [9.17, 15) is 19.5 Å². The number of nitrogens with zero attached hydrogens (tertiary/aromatic N) is 1. The van der Waals surface area contributed by atoms with Crippen LogP contribution in [0, 0.1) is 25.2 Å². The van der Waals surface area contributed by atoms with Gasteiger partial charge in [-0.3, -0.25) is 14.4 Å². The van der Waals surface area contributed by atoms with Crippen LogP contribution in [0.4, 0.5) is 5.69 Å². The molecule has 1 unspecified atom stereocenters. The molecular weight excluding hydrogens is 348 g/mol. The largest absolute Gasteiger partial charge is 0.481 e. The molecule has 27 heavy (non-hydrogen) atoms. The zero-order valence-corrected chi connectivity index (χ0v) is 15.8. The Balaban J connectivity index is 1.65. The van der Waals surface area contributed by atoms with E-state index < -0.39 is 17.3 Å². The summed E-state index contributed by atoms with van der Waals surface area (Å²) in [6.45, 7) is 5.10. The Kier molecular flexibility index (Phi) is 5.51. The molecule has 2 amide bonds. The van der Waals surface area contributed by atoms with Crippen LogP contribution in [0.1, 0.15) is 30.4 Å². The van der Waals surface area contributed by atoms with E-state index in [4.69, 9.17) is 4.74 Å². The van der Waals surface area contributed by atoms with Crippen molar-refractivity contribution in [3.63, 3.8) is 0 Å². The third kappa shape index (κ3) is 3.83. The minimum Gasteiger partial charge on any atom is -0.481 e. The molecule has 7 heteroatoms. The first-order valence-corrected chi connectivity index (χ1v) is 9.29. The number of aryl methyl sites for hydroxylation is 1. The second kappa shape index (κ2) is 7.68. The summed E-state index contributed by atoms with van der Waals surface area (Å²) in [6.07, 6.45) is 0.893. The van der Waals surface area contributed by atoms with Gasteiger partial charge < -0.3 is 20.1 Å². The first kappa shape index (κ1) is 19.4. The number of amides is 2. The van der Waals surface area contributed by atoms with Crippen LogP contribution in [0.2, 0.25) is 0 Å². The van der Waals surface area contributed by atoms with Crippen molar-refractivity contribution < 1.29 is 24.2 Å². The second-order valence-electron chi connectivity index (χ2n) is 7.54. The van der Waals surface area contributed by atoms with Crippen LogP contribution in [0.3, 0.4) is 0 Å². The molecule has 1 atom stereocenters. The number of nitrogens with one attached hydrogen (secondary N) is 1. The van der Waals surface area contributed by atoms with Crippen molar-refractivity contribution in [2.24, 2.45) is 11.3 Å². The van der Waals surface area contributed by atoms with Crippen LogP contribution in [0.5, 0.6) is 0 Å². The standard InChI is InChI=1S/C20H26N2O5/c1-13-4-3-5-16(14(13)2)22-11-15(10-17(22)23)18(24)21-12-20(19(25)26)6-8-27-9-7-20/h3-5,15H,6-12H2,1-2H3,(H,21,24)(H,25,26). The number of carbonyl (C=O) groups excluding carboxylic acids is 2. The second-order valence-corrected chi connectivity index (χ2v) is 7.54. The molecule has 1 aromatic rings. The number of hydrogen-bond donors (Lipinski definition) is 2. The molecular formula is C20H26N2O5. The molecule has 146 valence electrons. The quantitative estimate of drug-likeness (QED) is 0.817. The van der Waals surface area contributed by atoms with Gasteiger partial charge in [0.1, 0.15) is 0 Å². The smallest absolute Gasteiger partial charge is 0.311 e. The summed E-state index contributed by atoms with van der Waals surface area (Å²) in [5.74, 6) is -1.72. The summed E-state index contributed by atoms with van der Waals surface area (Å²) in [7, 11) is 0. The molecule has 2 heterocycles. The van der Waals surface area contributed by atoms with Gasteiger partial charge in [-0.05, 0) is 43.9 Å². The topological polar surface area (TPSA) is 95.9 Å². The fourth-order valence-electron chi connectivity index (χ4n) is 3.77. The number of carbonyl (C=O) groups is 3. The minimum atomic E-state index is -0.983. The highest BCUT2D eigenvalue weighted by atomic mass is 16.5. The summed E-state index contributed by atoms with van der Waals surface area (Å²) < 4.78 is 5.25. The lowest BCUT2D eigenvalue weighted by molar-refractivity contribution is -0.154. The molecule has 0 radical (unpaired) electrons. The van der Waals surface area contributed by atoms with Crippen molar-refractivity contribution in [3.8, 4) is 0 Å². The van der Waals surface area contributed by atoms with Crippen LogP contribution >= 0.6 is 0 Å². The van der Waals surface area contributed by atoms with Gasteiger partial charge in [-0.1, -0.05) is 12.1 Å². The molecule has 0 saturated carbocycles. The first-order chi connectivity index (χ1) is 12.8. The van der Waals surface area contributed by atoms with Crippen LogP contribution in [0.15, 0.2) is 18.2 Å². The lowest BCUT2D eigenvalue weighted by atomic mass is 9.80. The zero-order chi connectivity index (χ0) is 19.6. The third-order valence-corrected chi connectivity index (χ3v) is 5.87. The third-order valence-electron chi connectivity index (χ3n) is 5.87. The molecule has 0 aliphatic carbocycles. The molecule has 2 saturated heterocycles. The maximum atomic E-state index is 12.6. The molecule has 3 rings (SSSR count). The van der Waals surface area contributed by atoms with Crippen LogP contribution in [-0.4, -0.2) is 49.2 Å². The Morgan fingerprint density at radius 1 is 1.30 bits per heavy atom. The normalized spacial score (nSPS) is 21.9. The van der Waals surface area contributed by atoms with Gasteiger partial charge in [-0.25, -0.2) is 0 Å². The van der Waals surface area contributed by atoms with Crippen molar-refractivity contribution in [1.29, 1.82) is 0 Å². The summed E-state index contributed by atoms with van der Waals surface area (Å²) >= 11 is 0. The summed E-state index contributed by atoms with van der Waals surface area (Å²) in [6, 6.07) is 5.78. The number of carboxylic acid groups (broad SMARTS) is 1. The van der Waals surface area contributed by atoms with Crippen molar-refractivity contribution >= 4 is 23.5 Å². The zero-order valence-electron chi connectivity index (χ0n) is 15.8. The Hall–Kier alpha value is -2.41. The van der Waals surface area contributed by atoms with Gasteiger partial charge in [0, 0.05) is 38.4 Å². The maximum Gasteiger partial charge on any atom is 0.311 e. The summed E-state index contributed by atoms with van der Waals surface area (Å²) in [4.78, 5) is 38.4. The summed E-state index contributed by atoms with van der Waals surface area (Å²) in [5.41, 5.74) is 1.97. The highest BCUT2D eigenvalue weighted by Gasteiger charge is 2.42. The average Bonchev–Trinajstić information content (AvgIpc) is 3.04. The maximum absolute atomic E-state index is 12.6. The molecule has 2 aliphatic rings. The van der Waals surface area contributed by atoms with E-state index in [-0.39, 0.29) is 24.8 Å². The number of benzene rings is 1. The number of anilines is 1. The van der Waals surface area contributed by atoms with Gasteiger partial charge in [0.05, 0.1) is 11.3 Å². The Morgan fingerprint density at radius 3 is 2.67 bits per heavy atom. The highest BCUT2D eigenvalue weighted by molar-refractivity contribution is 6.01. The van der Waals surface area contributed by atoms with Crippen molar-refractivity contribution in [2.75, 3.05) is 31.2 Å².